The van der Waals surface area contributed by atoms with Gasteiger partial charge in [0.15, 0.2) is 5.76 Å². The van der Waals surface area contributed by atoms with Gasteiger partial charge in [0.25, 0.3) is 5.91 Å². The molecule has 0 saturated heterocycles. The van der Waals surface area contributed by atoms with Gasteiger partial charge in [-0.15, -0.1) is 0 Å². The maximum absolute atomic E-state index is 12.8. The van der Waals surface area contributed by atoms with Crippen molar-refractivity contribution in [2.75, 3.05) is 6.54 Å². The predicted octanol–water partition coefficient (Wildman–Crippen LogP) is 4.96. The molecular weight excluding hydrogens is 404 g/mol. The highest BCUT2D eigenvalue weighted by Crippen LogP contribution is 2.31. The fraction of sp³-hybridized carbons (Fsp3) is 0.158. The molecule has 1 aliphatic rings. The quantitative estimate of drug-likeness (QED) is 0.592. The Morgan fingerprint density at radius 2 is 1.84 bits per heavy atom. The van der Waals surface area contributed by atoms with Crippen LogP contribution in [-0.4, -0.2) is 22.5 Å². The van der Waals surface area contributed by atoms with Gasteiger partial charge in [0.05, 0.1) is 12.2 Å². The zero-order valence-corrected chi connectivity index (χ0v) is 15.5. The fourth-order valence-electron chi connectivity index (χ4n) is 2.99. The van der Waals surface area contributed by atoms with Gasteiger partial charge in [-0.1, -0.05) is 32.7 Å². The monoisotopic (exact) mass is 416 g/mol. The van der Waals surface area contributed by atoms with Crippen molar-refractivity contribution in [1.29, 1.82) is 0 Å². The third-order valence-corrected chi connectivity index (χ3v) is 5.10. The zero-order chi connectivity index (χ0) is 17.4. The molecule has 126 valence electrons. The lowest BCUT2D eigenvalue weighted by molar-refractivity contribution is 0.0734. The highest BCUT2D eigenvalue weighted by molar-refractivity contribution is 9.10. The molecule has 0 N–H and O–H groups in total. The highest BCUT2D eigenvalue weighted by Gasteiger charge is 2.28. The molecule has 1 aromatic heterocycles. The molecule has 0 radical (unpaired) electrons. The van der Waals surface area contributed by atoms with Crippen LogP contribution in [0.25, 0.3) is 11.3 Å². The topological polar surface area (TPSA) is 46.3 Å². The summed E-state index contributed by atoms with van der Waals surface area (Å²) in [7, 11) is 0. The normalized spacial score (nSPS) is 13.6. The van der Waals surface area contributed by atoms with Gasteiger partial charge in [0.2, 0.25) is 0 Å². The number of carbonyl (C=O) groups excluding carboxylic acids is 1. The number of nitrogens with zero attached hydrogens (tertiary/aromatic N) is 2. The highest BCUT2D eigenvalue weighted by atomic mass is 79.9. The standard InChI is InChI=1S/C19H14BrClN2O2/c20-14-5-1-13(2-6-14)19(24)23-10-9-17-16(11-23)18(25-22-17)12-3-7-15(21)8-4-12/h1-8H,9-11H2. The van der Waals surface area contributed by atoms with Crippen molar-refractivity contribution in [2.24, 2.45) is 0 Å². The Bertz CT molecular complexity index is 920. The third kappa shape index (κ3) is 3.22. The van der Waals surface area contributed by atoms with Crippen molar-refractivity contribution in [3.8, 4) is 11.3 Å². The zero-order valence-electron chi connectivity index (χ0n) is 13.2. The number of hydrogen-bond acceptors (Lipinski definition) is 3. The van der Waals surface area contributed by atoms with Gasteiger partial charge in [-0.25, -0.2) is 0 Å². The van der Waals surface area contributed by atoms with E-state index in [2.05, 4.69) is 21.1 Å². The number of rotatable bonds is 2. The van der Waals surface area contributed by atoms with E-state index in [-0.39, 0.29) is 5.91 Å². The number of fused-ring (bicyclic) bond motifs is 1. The summed E-state index contributed by atoms with van der Waals surface area (Å²) in [6.45, 7) is 1.13. The molecular formula is C19H14BrClN2O2. The second-order valence-electron chi connectivity index (χ2n) is 5.93. The molecule has 0 unspecified atom stereocenters. The van der Waals surface area contributed by atoms with Crippen LogP contribution in [0.15, 0.2) is 57.5 Å². The van der Waals surface area contributed by atoms with Crippen LogP contribution in [-0.2, 0) is 13.0 Å². The first-order chi connectivity index (χ1) is 12.1. The Labute approximate surface area is 158 Å². The minimum absolute atomic E-state index is 0.0152. The van der Waals surface area contributed by atoms with Crippen LogP contribution < -0.4 is 0 Å². The number of halogens is 2. The van der Waals surface area contributed by atoms with Crippen LogP contribution in [0.2, 0.25) is 5.02 Å². The molecule has 1 aliphatic heterocycles. The summed E-state index contributed by atoms with van der Waals surface area (Å²) in [5, 5.41) is 4.85. The van der Waals surface area contributed by atoms with E-state index < -0.39 is 0 Å². The second kappa shape index (κ2) is 6.65. The lowest BCUT2D eigenvalue weighted by atomic mass is 10.0. The fourth-order valence-corrected chi connectivity index (χ4v) is 3.38. The molecule has 4 rings (SSSR count). The molecule has 25 heavy (non-hydrogen) atoms. The van der Waals surface area contributed by atoms with Gasteiger partial charge in [-0.05, 0) is 48.5 Å². The van der Waals surface area contributed by atoms with Crippen molar-refractivity contribution < 1.29 is 9.32 Å². The first kappa shape index (κ1) is 16.4. The summed E-state index contributed by atoms with van der Waals surface area (Å²) in [5.74, 6) is 0.723. The molecule has 2 heterocycles. The van der Waals surface area contributed by atoms with E-state index >= 15 is 0 Å². The molecule has 0 fully saturated rings. The summed E-state index contributed by atoms with van der Waals surface area (Å²) in [5.41, 5.74) is 3.48. The Kier molecular flexibility index (Phi) is 4.36. The van der Waals surface area contributed by atoms with Crippen LogP contribution in [0, 0.1) is 0 Å². The van der Waals surface area contributed by atoms with E-state index in [1.165, 1.54) is 0 Å². The van der Waals surface area contributed by atoms with E-state index in [0.29, 0.717) is 35.9 Å². The van der Waals surface area contributed by atoms with E-state index in [1.807, 2.05) is 53.4 Å². The molecule has 2 aromatic carbocycles. The van der Waals surface area contributed by atoms with E-state index in [4.69, 9.17) is 16.1 Å². The maximum atomic E-state index is 12.8. The lowest BCUT2D eigenvalue weighted by Gasteiger charge is -2.26. The van der Waals surface area contributed by atoms with Crippen molar-refractivity contribution in [3.63, 3.8) is 0 Å². The predicted molar refractivity (Wildman–Crippen MR) is 99.5 cm³/mol. The molecule has 0 atom stereocenters. The Morgan fingerprint density at radius 1 is 1.12 bits per heavy atom. The van der Waals surface area contributed by atoms with Gasteiger partial charge < -0.3 is 9.42 Å². The molecule has 0 saturated carbocycles. The molecule has 6 heteroatoms. The first-order valence-electron chi connectivity index (χ1n) is 7.90. The number of amides is 1. The number of carbonyl (C=O) groups is 1. The Hall–Kier alpha value is -2.11. The summed E-state index contributed by atoms with van der Waals surface area (Å²) in [4.78, 5) is 14.6. The van der Waals surface area contributed by atoms with Crippen LogP contribution in [0.3, 0.4) is 0 Å². The van der Waals surface area contributed by atoms with Gasteiger partial charge in [-0.2, -0.15) is 0 Å². The summed E-state index contributed by atoms with van der Waals surface area (Å²) < 4.78 is 6.51. The SMILES string of the molecule is O=C(c1ccc(Br)cc1)N1CCc2noc(-c3ccc(Cl)cc3)c2C1. The van der Waals surface area contributed by atoms with Crippen LogP contribution in [0.4, 0.5) is 0 Å². The van der Waals surface area contributed by atoms with Gasteiger partial charge in [-0.3, -0.25) is 4.79 Å². The first-order valence-corrected chi connectivity index (χ1v) is 9.07. The largest absolute Gasteiger partial charge is 0.356 e. The van der Waals surface area contributed by atoms with E-state index in [1.54, 1.807) is 0 Å². The molecule has 1 amide bonds. The second-order valence-corrected chi connectivity index (χ2v) is 7.28. The lowest BCUT2D eigenvalue weighted by Crippen LogP contribution is -2.35. The van der Waals surface area contributed by atoms with Crippen molar-refractivity contribution in [2.45, 2.75) is 13.0 Å². The minimum Gasteiger partial charge on any atom is -0.356 e. The Balaban J connectivity index is 1.62. The van der Waals surface area contributed by atoms with Gasteiger partial charge in [0.1, 0.15) is 0 Å². The summed E-state index contributed by atoms with van der Waals surface area (Å²) >= 11 is 9.35. The molecule has 3 aromatic rings. The minimum atomic E-state index is 0.0152. The molecule has 0 spiro atoms. The smallest absolute Gasteiger partial charge is 0.254 e. The van der Waals surface area contributed by atoms with Crippen molar-refractivity contribution in [3.05, 3.63) is 74.8 Å². The Morgan fingerprint density at radius 3 is 2.56 bits per heavy atom. The number of benzene rings is 2. The van der Waals surface area contributed by atoms with Gasteiger partial charge >= 0.3 is 0 Å². The number of aromatic nitrogens is 1. The summed E-state index contributed by atoms with van der Waals surface area (Å²) in [6, 6.07) is 14.9. The van der Waals surface area contributed by atoms with Crippen molar-refractivity contribution in [1.82, 2.24) is 10.1 Å². The third-order valence-electron chi connectivity index (χ3n) is 4.32. The molecule has 0 aliphatic carbocycles. The van der Waals surface area contributed by atoms with E-state index in [0.717, 1.165) is 21.3 Å². The van der Waals surface area contributed by atoms with E-state index in [9.17, 15) is 4.79 Å². The average molecular weight is 418 g/mol. The van der Waals surface area contributed by atoms with Gasteiger partial charge in [0, 0.05) is 39.2 Å². The van der Waals surface area contributed by atoms with Crippen LogP contribution >= 0.6 is 27.5 Å². The number of hydrogen-bond donors (Lipinski definition) is 0. The van der Waals surface area contributed by atoms with Crippen LogP contribution in [0.1, 0.15) is 21.6 Å². The summed E-state index contributed by atoms with van der Waals surface area (Å²) in [6.07, 6.45) is 0.689. The maximum Gasteiger partial charge on any atom is 0.254 e. The average Bonchev–Trinajstić information content (AvgIpc) is 3.05. The molecule has 4 nitrogen and oxygen atoms in total. The van der Waals surface area contributed by atoms with Crippen LogP contribution in [0.5, 0.6) is 0 Å². The molecule has 0 bridgehead atoms. The van der Waals surface area contributed by atoms with Crippen molar-refractivity contribution >= 4 is 33.4 Å².